The largest absolute Gasteiger partial charge is 0.480 e. The highest BCUT2D eigenvalue weighted by Crippen LogP contribution is 2.13. The molecule has 1 heterocycles. The van der Waals surface area contributed by atoms with Gasteiger partial charge in [-0.2, -0.15) is 0 Å². The van der Waals surface area contributed by atoms with Crippen LogP contribution in [0, 0.1) is 0 Å². The van der Waals surface area contributed by atoms with E-state index in [0.29, 0.717) is 10.3 Å². The first kappa shape index (κ1) is 10.1. The van der Waals surface area contributed by atoms with Gasteiger partial charge in [0.15, 0.2) is 4.60 Å². The Kier molecular flexibility index (Phi) is 2.99. The van der Waals surface area contributed by atoms with Gasteiger partial charge in [0.1, 0.15) is 6.04 Å². The molecule has 0 saturated carbocycles. The molecule has 0 bridgehead atoms. The molecule has 0 aliphatic rings. The van der Waals surface area contributed by atoms with Crippen LogP contribution in [0.1, 0.15) is 5.69 Å². The van der Waals surface area contributed by atoms with Crippen molar-refractivity contribution in [3.8, 4) is 0 Å². The number of carboxylic acids is 1. The van der Waals surface area contributed by atoms with E-state index in [9.17, 15) is 4.79 Å². The Bertz CT molecular complexity index is 305. The molecule has 0 aromatic carbocycles. The van der Waals surface area contributed by atoms with Gasteiger partial charge in [0.2, 0.25) is 0 Å². The molecule has 1 atom stereocenters. The van der Waals surface area contributed by atoms with Crippen molar-refractivity contribution in [2.75, 3.05) is 0 Å². The lowest BCUT2D eigenvalue weighted by molar-refractivity contribution is -0.138. The maximum Gasteiger partial charge on any atom is 0.320 e. The van der Waals surface area contributed by atoms with Gasteiger partial charge in [-0.15, -0.1) is 5.10 Å². The highest BCUT2D eigenvalue weighted by atomic mass is 79.9. The van der Waals surface area contributed by atoms with Gasteiger partial charge >= 0.3 is 5.97 Å². The van der Waals surface area contributed by atoms with Crippen LogP contribution >= 0.6 is 15.9 Å². The van der Waals surface area contributed by atoms with Crippen molar-refractivity contribution in [1.82, 2.24) is 15.0 Å². The van der Waals surface area contributed by atoms with Crippen molar-refractivity contribution < 1.29 is 9.90 Å². The van der Waals surface area contributed by atoms with E-state index in [1.54, 1.807) is 7.05 Å². The van der Waals surface area contributed by atoms with Crippen molar-refractivity contribution >= 4 is 21.9 Å². The molecule has 1 rings (SSSR count). The van der Waals surface area contributed by atoms with Crippen molar-refractivity contribution in [3.63, 3.8) is 0 Å². The summed E-state index contributed by atoms with van der Waals surface area (Å²) in [7, 11) is 1.68. The lowest BCUT2D eigenvalue weighted by Gasteiger charge is -2.05. The summed E-state index contributed by atoms with van der Waals surface area (Å²) in [6.07, 6.45) is 0.208. The molecular weight excluding hydrogens is 240 g/mol. The Morgan fingerprint density at radius 3 is 2.85 bits per heavy atom. The first-order valence-corrected chi connectivity index (χ1v) is 4.34. The second-order valence-corrected chi connectivity index (χ2v) is 3.35. The number of rotatable bonds is 3. The first-order valence-electron chi connectivity index (χ1n) is 3.54. The van der Waals surface area contributed by atoms with Gasteiger partial charge < -0.3 is 10.8 Å². The number of carbonyl (C=O) groups is 1. The molecule has 0 radical (unpaired) electrons. The van der Waals surface area contributed by atoms with E-state index in [1.807, 2.05) is 0 Å². The highest BCUT2D eigenvalue weighted by molar-refractivity contribution is 9.10. The molecule has 13 heavy (non-hydrogen) atoms. The van der Waals surface area contributed by atoms with Crippen LogP contribution in [0.15, 0.2) is 4.60 Å². The van der Waals surface area contributed by atoms with Crippen LogP contribution in [0.2, 0.25) is 0 Å². The summed E-state index contributed by atoms with van der Waals surface area (Å²) in [4.78, 5) is 10.5. The Labute approximate surface area is 82.8 Å². The second-order valence-electron chi connectivity index (χ2n) is 2.60. The fourth-order valence-electron chi connectivity index (χ4n) is 0.864. The lowest BCUT2D eigenvalue weighted by atomic mass is 10.2. The molecule has 1 unspecified atom stereocenters. The molecule has 72 valence electrons. The van der Waals surface area contributed by atoms with Crippen molar-refractivity contribution in [2.45, 2.75) is 12.5 Å². The number of aliphatic carboxylic acids is 1. The summed E-state index contributed by atoms with van der Waals surface area (Å²) in [5.74, 6) is -1.03. The number of hydrogen-bond donors (Lipinski definition) is 2. The van der Waals surface area contributed by atoms with E-state index in [4.69, 9.17) is 10.8 Å². The molecule has 1 aromatic heterocycles. The van der Waals surface area contributed by atoms with Gasteiger partial charge in [-0.05, 0) is 15.9 Å². The predicted molar refractivity (Wildman–Crippen MR) is 48.0 cm³/mol. The molecule has 0 aliphatic heterocycles. The Balaban J connectivity index is 2.79. The average Bonchev–Trinajstić information content (AvgIpc) is 2.35. The normalized spacial score (nSPS) is 12.8. The molecule has 1 aromatic rings. The zero-order valence-corrected chi connectivity index (χ0v) is 8.52. The quantitative estimate of drug-likeness (QED) is 0.755. The summed E-state index contributed by atoms with van der Waals surface area (Å²) < 4.78 is 2.03. The maximum absolute atomic E-state index is 10.5. The van der Waals surface area contributed by atoms with Crippen LogP contribution in [0.3, 0.4) is 0 Å². The Morgan fingerprint density at radius 1 is 1.85 bits per heavy atom. The van der Waals surface area contributed by atoms with Gasteiger partial charge in [-0.25, -0.2) is 0 Å². The topological polar surface area (TPSA) is 94.0 Å². The maximum atomic E-state index is 10.5. The van der Waals surface area contributed by atoms with Crippen LogP contribution in [0.5, 0.6) is 0 Å². The standard InChI is InChI=1S/C6H9BrN4O2/c1-11-4(5(7)9-10-11)2-3(8)6(12)13/h3H,2,8H2,1H3,(H,12,13). The van der Waals surface area contributed by atoms with Gasteiger partial charge in [0.25, 0.3) is 0 Å². The zero-order chi connectivity index (χ0) is 10.0. The van der Waals surface area contributed by atoms with E-state index >= 15 is 0 Å². The van der Waals surface area contributed by atoms with Crippen LogP contribution < -0.4 is 5.73 Å². The monoisotopic (exact) mass is 248 g/mol. The fraction of sp³-hybridized carbons (Fsp3) is 0.500. The minimum Gasteiger partial charge on any atom is -0.480 e. The number of halogens is 1. The van der Waals surface area contributed by atoms with E-state index in [-0.39, 0.29) is 6.42 Å². The molecule has 0 spiro atoms. The smallest absolute Gasteiger partial charge is 0.320 e. The molecule has 0 saturated heterocycles. The Hall–Kier alpha value is -0.950. The third-order valence-corrected chi connectivity index (χ3v) is 2.24. The minimum atomic E-state index is -1.03. The van der Waals surface area contributed by atoms with E-state index in [1.165, 1.54) is 4.68 Å². The molecule has 0 fully saturated rings. The molecular formula is C6H9BrN4O2. The number of aromatic nitrogens is 3. The number of nitrogens with zero attached hydrogens (tertiary/aromatic N) is 3. The number of hydrogen-bond acceptors (Lipinski definition) is 4. The highest BCUT2D eigenvalue weighted by Gasteiger charge is 2.17. The zero-order valence-electron chi connectivity index (χ0n) is 6.94. The molecule has 7 heteroatoms. The van der Waals surface area contributed by atoms with Crippen molar-refractivity contribution in [1.29, 1.82) is 0 Å². The van der Waals surface area contributed by atoms with Gasteiger partial charge in [0, 0.05) is 13.5 Å². The first-order chi connectivity index (χ1) is 6.02. The van der Waals surface area contributed by atoms with E-state index in [0.717, 1.165) is 0 Å². The van der Waals surface area contributed by atoms with Crippen LogP contribution in [-0.4, -0.2) is 32.1 Å². The summed E-state index contributed by atoms with van der Waals surface area (Å²) in [6.45, 7) is 0. The van der Waals surface area contributed by atoms with Gasteiger partial charge in [0.05, 0.1) is 5.69 Å². The lowest BCUT2D eigenvalue weighted by Crippen LogP contribution is -2.33. The SMILES string of the molecule is Cn1nnc(Br)c1CC(N)C(=O)O. The third kappa shape index (κ3) is 2.25. The fourth-order valence-corrected chi connectivity index (χ4v) is 1.35. The Morgan fingerprint density at radius 2 is 2.46 bits per heavy atom. The second kappa shape index (κ2) is 3.84. The van der Waals surface area contributed by atoms with Gasteiger partial charge in [-0.3, -0.25) is 9.48 Å². The average molecular weight is 249 g/mol. The van der Waals surface area contributed by atoms with Crippen molar-refractivity contribution in [3.05, 3.63) is 10.3 Å². The molecule has 0 aliphatic carbocycles. The molecule has 0 amide bonds. The third-order valence-electron chi connectivity index (χ3n) is 1.63. The molecule has 6 nitrogen and oxygen atoms in total. The van der Waals surface area contributed by atoms with Crippen LogP contribution in [0.25, 0.3) is 0 Å². The predicted octanol–water partition coefficient (Wildman–Crippen LogP) is -0.468. The van der Waals surface area contributed by atoms with Crippen molar-refractivity contribution in [2.24, 2.45) is 12.8 Å². The number of nitrogens with two attached hydrogens (primary N) is 1. The summed E-state index contributed by atoms with van der Waals surface area (Å²) in [5.41, 5.74) is 6.03. The van der Waals surface area contributed by atoms with Gasteiger partial charge in [-0.1, -0.05) is 5.21 Å². The minimum absolute atomic E-state index is 0.208. The number of carboxylic acid groups (broad SMARTS) is 1. The number of aryl methyl sites for hydroxylation is 1. The van der Waals surface area contributed by atoms with E-state index < -0.39 is 12.0 Å². The summed E-state index contributed by atoms with van der Waals surface area (Å²) in [5, 5.41) is 16.0. The van der Waals surface area contributed by atoms with Crippen LogP contribution in [0.4, 0.5) is 0 Å². The molecule has 3 N–H and O–H groups in total. The summed E-state index contributed by atoms with van der Waals surface area (Å²) in [6, 6.07) is -0.923. The van der Waals surface area contributed by atoms with E-state index in [2.05, 4.69) is 26.2 Å². The summed E-state index contributed by atoms with van der Waals surface area (Å²) >= 11 is 3.15. The van der Waals surface area contributed by atoms with Crippen LogP contribution in [-0.2, 0) is 18.3 Å².